The van der Waals surface area contributed by atoms with Crippen LogP contribution in [0.3, 0.4) is 0 Å². The van der Waals surface area contributed by atoms with Gasteiger partial charge in [0.1, 0.15) is 11.4 Å². The number of nitrogens with zero attached hydrogens (tertiary/aromatic N) is 4. The summed E-state index contributed by atoms with van der Waals surface area (Å²) in [4.78, 5) is 42.7. The summed E-state index contributed by atoms with van der Waals surface area (Å²) in [6.45, 7) is 4.59. The number of aromatic carboxylic acids is 1. The zero-order valence-corrected chi connectivity index (χ0v) is 21.0. The van der Waals surface area contributed by atoms with E-state index in [1.165, 1.54) is 0 Å². The van der Waals surface area contributed by atoms with Crippen LogP contribution in [-0.4, -0.2) is 87.6 Å². The van der Waals surface area contributed by atoms with Gasteiger partial charge in [0.25, 0.3) is 0 Å². The number of aromatic nitrogens is 2. The van der Waals surface area contributed by atoms with E-state index >= 15 is 0 Å². The summed E-state index contributed by atoms with van der Waals surface area (Å²) in [6.07, 6.45) is -8.54. The number of hydrogen-bond donors (Lipinski definition) is 3. The summed E-state index contributed by atoms with van der Waals surface area (Å²) in [5.41, 5.74) is 4.42. The number of carbonyl (C=O) groups is 3. The number of anilines is 1. The third-order valence-electron chi connectivity index (χ3n) is 5.00. The average molecular weight is 568 g/mol. The normalized spacial score (nSPS) is 13.5. The van der Waals surface area contributed by atoms with Gasteiger partial charge < -0.3 is 20.2 Å². The number of hydrogen-bond acceptors (Lipinski definition) is 7. The minimum atomic E-state index is -5.08. The van der Waals surface area contributed by atoms with Crippen LogP contribution >= 0.6 is 0 Å². The van der Waals surface area contributed by atoms with E-state index in [-0.39, 0.29) is 5.56 Å². The largest absolute Gasteiger partial charge is 0.490 e. The van der Waals surface area contributed by atoms with Crippen LogP contribution in [0.15, 0.2) is 24.3 Å². The Hall–Kier alpha value is -3.95. The van der Waals surface area contributed by atoms with Gasteiger partial charge in [-0.1, -0.05) is 6.07 Å². The van der Waals surface area contributed by atoms with Gasteiger partial charge in [0.05, 0.1) is 5.69 Å². The van der Waals surface area contributed by atoms with E-state index in [1.807, 2.05) is 33.2 Å². The Bertz CT molecular complexity index is 1150. The van der Waals surface area contributed by atoms with Gasteiger partial charge >= 0.3 is 30.3 Å². The Morgan fingerprint density at radius 1 is 0.923 bits per heavy atom. The lowest BCUT2D eigenvalue weighted by Gasteiger charge is -2.19. The minimum absolute atomic E-state index is 0.276. The van der Waals surface area contributed by atoms with Crippen molar-refractivity contribution in [1.29, 1.82) is 0 Å². The fourth-order valence-electron chi connectivity index (χ4n) is 3.24. The van der Waals surface area contributed by atoms with E-state index in [9.17, 15) is 36.2 Å². The van der Waals surface area contributed by atoms with E-state index in [2.05, 4.69) is 20.9 Å². The molecular formula is C23H26F6N4O6. The summed E-state index contributed by atoms with van der Waals surface area (Å²) in [5, 5.41) is 23.7. The van der Waals surface area contributed by atoms with Crippen LogP contribution in [-0.2, 0) is 29.0 Å². The third kappa shape index (κ3) is 11.1. The van der Waals surface area contributed by atoms with Crippen LogP contribution in [0.25, 0.3) is 0 Å². The SMILES string of the molecule is Cc1cccc(CN2CCc3cc(C(=O)O)c(N(C)C)nc3CC2)n1.O=C(O)C(F)(F)F.O=C(O)C(F)(F)F. The van der Waals surface area contributed by atoms with Crippen LogP contribution in [0.2, 0.25) is 0 Å². The van der Waals surface area contributed by atoms with Gasteiger partial charge in [0.15, 0.2) is 0 Å². The first-order valence-electron chi connectivity index (χ1n) is 11.0. The molecule has 0 saturated carbocycles. The molecule has 216 valence electrons. The van der Waals surface area contributed by atoms with Crippen LogP contribution in [0, 0.1) is 6.92 Å². The molecule has 10 nitrogen and oxygen atoms in total. The molecule has 0 spiro atoms. The van der Waals surface area contributed by atoms with Gasteiger partial charge in [0.2, 0.25) is 0 Å². The predicted octanol–water partition coefficient (Wildman–Crippen LogP) is 3.42. The van der Waals surface area contributed by atoms with Crippen molar-refractivity contribution in [2.24, 2.45) is 0 Å². The lowest BCUT2D eigenvalue weighted by Crippen LogP contribution is -2.26. The number of pyridine rings is 2. The first kappa shape index (κ1) is 33.1. The standard InChI is InChI=1S/C19H24N4O2.2C2HF3O2/c1-13-5-4-6-15(20-13)12-23-9-7-14-11-16(19(24)25)18(22(2)3)21-17(14)8-10-23;2*3-2(4,5)1(6)7/h4-6,11H,7-10,12H2,1-3H3,(H,24,25);2*(H,6,7). The molecule has 1 aliphatic heterocycles. The van der Waals surface area contributed by atoms with Gasteiger partial charge in [-0.3, -0.25) is 9.88 Å². The average Bonchev–Trinajstić information content (AvgIpc) is 2.99. The van der Waals surface area contributed by atoms with Crippen molar-refractivity contribution in [3.63, 3.8) is 0 Å². The molecule has 39 heavy (non-hydrogen) atoms. The van der Waals surface area contributed by atoms with E-state index in [4.69, 9.17) is 19.8 Å². The molecule has 0 amide bonds. The molecule has 3 rings (SSSR count). The number of rotatable bonds is 4. The Kier molecular flexibility index (Phi) is 11.6. The van der Waals surface area contributed by atoms with E-state index in [1.54, 1.807) is 11.0 Å². The van der Waals surface area contributed by atoms with Gasteiger partial charge in [-0.15, -0.1) is 0 Å². The maximum Gasteiger partial charge on any atom is 0.490 e. The molecule has 0 aromatic carbocycles. The number of alkyl halides is 6. The Labute approximate surface area is 218 Å². The molecule has 1 aliphatic rings. The number of fused-ring (bicyclic) bond motifs is 1. The van der Waals surface area contributed by atoms with Crippen molar-refractivity contribution in [3.05, 3.63) is 52.5 Å². The fourth-order valence-corrected chi connectivity index (χ4v) is 3.24. The Morgan fingerprint density at radius 2 is 1.44 bits per heavy atom. The molecule has 3 heterocycles. The second-order valence-corrected chi connectivity index (χ2v) is 8.32. The van der Waals surface area contributed by atoms with E-state index in [0.29, 0.717) is 5.82 Å². The summed E-state index contributed by atoms with van der Waals surface area (Å²) in [6, 6.07) is 7.89. The molecule has 16 heteroatoms. The summed E-state index contributed by atoms with van der Waals surface area (Å²) < 4.78 is 63.5. The molecule has 0 bridgehead atoms. The second kappa shape index (κ2) is 13.7. The first-order chi connectivity index (χ1) is 17.8. The maximum atomic E-state index is 11.6. The molecule has 0 saturated heterocycles. The molecule has 0 aliphatic carbocycles. The number of aryl methyl sites for hydroxylation is 1. The van der Waals surface area contributed by atoms with Crippen molar-refractivity contribution in [1.82, 2.24) is 14.9 Å². The van der Waals surface area contributed by atoms with Crippen LogP contribution in [0.4, 0.5) is 32.2 Å². The van der Waals surface area contributed by atoms with E-state index in [0.717, 1.165) is 55.1 Å². The number of halogens is 6. The molecule has 0 atom stereocenters. The summed E-state index contributed by atoms with van der Waals surface area (Å²) >= 11 is 0. The first-order valence-corrected chi connectivity index (χ1v) is 11.0. The highest BCUT2D eigenvalue weighted by Crippen LogP contribution is 2.24. The fraction of sp³-hybridized carbons (Fsp3) is 0.435. The van der Waals surface area contributed by atoms with Gasteiger partial charge in [-0.25, -0.2) is 19.4 Å². The molecule has 0 radical (unpaired) electrons. The number of carboxylic acid groups (broad SMARTS) is 3. The molecular weight excluding hydrogens is 542 g/mol. The molecule has 0 fully saturated rings. The molecule has 3 N–H and O–H groups in total. The monoisotopic (exact) mass is 568 g/mol. The van der Waals surface area contributed by atoms with Crippen molar-refractivity contribution >= 4 is 23.7 Å². The van der Waals surface area contributed by atoms with Crippen molar-refractivity contribution in [2.75, 3.05) is 32.1 Å². The molecule has 2 aromatic heterocycles. The quantitative estimate of drug-likeness (QED) is 0.470. The Morgan fingerprint density at radius 3 is 1.87 bits per heavy atom. The lowest BCUT2D eigenvalue weighted by atomic mass is 10.1. The second-order valence-electron chi connectivity index (χ2n) is 8.32. The Balaban J connectivity index is 0.000000449. The van der Waals surface area contributed by atoms with Crippen LogP contribution in [0.1, 0.15) is 33.0 Å². The minimum Gasteiger partial charge on any atom is -0.478 e. The van der Waals surface area contributed by atoms with Crippen LogP contribution < -0.4 is 4.90 Å². The smallest absolute Gasteiger partial charge is 0.478 e. The van der Waals surface area contributed by atoms with Crippen molar-refractivity contribution < 1.29 is 56.0 Å². The van der Waals surface area contributed by atoms with Crippen LogP contribution in [0.5, 0.6) is 0 Å². The highest BCUT2D eigenvalue weighted by atomic mass is 19.4. The highest BCUT2D eigenvalue weighted by Gasteiger charge is 2.38. The zero-order chi connectivity index (χ0) is 30.1. The maximum absolute atomic E-state index is 11.6. The molecule has 2 aromatic rings. The van der Waals surface area contributed by atoms with Crippen molar-refractivity contribution in [3.8, 4) is 0 Å². The van der Waals surface area contributed by atoms with Crippen molar-refractivity contribution in [2.45, 2.75) is 38.7 Å². The number of aliphatic carboxylic acids is 2. The molecule has 0 unspecified atom stereocenters. The zero-order valence-electron chi connectivity index (χ0n) is 21.0. The third-order valence-corrected chi connectivity index (χ3v) is 5.00. The topological polar surface area (TPSA) is 144 Å². The highest BCUT2D eigenvalue weighted by molar-refractivity contribution is 5.93. The summed E-state index contributed by atoms with van der Waals surface area (Å²) in [7, 11) is 3.65. The number of carboxylic acids is 3. The van der Waals surface area contributed by atoms with E-state index < -0.39 is 30.3 Å². The summed E-state index contributed by atoms with van der Waals surface area (Å²) in [5.74, 6) is -5.91. The van der Waals surface area contributed by atoms with Gasteiger partial charge in [-0.05, 0) is 37.1 Å². The van der Waals surface area contributed by atoms with Gasteiger partial charge in [0, 0.05) is 51.5 Å². The predicted molar refractivity (Wildman–Crippen MR) is 125 cm³/mol. The van der Waals surface area contributed by atoms with Gasteiger partial charge in [-0.2, -0.15) is 26.3 Å². The lowest BCUT2D eigenvalue weighted by molar-refractivity contribution is -0.193.